The Morgan fingerprint density at radius 2 is 2.05 bits per heavy atom. The van der Waals surface area contributed by atoms with Crippen LogP contribution in [0.15, 0.2) is 39.6 Å². The van der Waals surface area contributed by atoms with E-state index < -0.39 is 27.4 Å². The molecule has 2 aromatic rings. The van der Waals surface area contributed by atoms with Crippen LogP contribution in [-0.4, -0.2) is 19.5 Å². The lowest BCUT2D eigenvalue weighted by molar-refractivity contribution is 0.0659. The second-order valence-corrected chi connectivity index (χ2v) is 6.24. The number of aromatic carboxylic acids is 1. The molecule has 0 atom stereocenters. The smallest absolute Gasteiger partial charge is 0.372 e. The number of carboxylic acids is 1. The summed E-state index contributed by atoms with van der Waals surface area (Å²) in [6.07, 6.45) is 0. The summed E-state index contributed by atoms with van der Waals surface area (Å²) in [6.45, 7) is 1.51. The molecule has 1 aromatic carbocycles. The van der Waals surface area contributed by atoms with E-state index in [1.165, 1.54) is 25.1 Å². The van der Waals surface area contributed by atoms with Gasteiger partial charge in [0, 0.05) is 5.56 Å². The molecule has 1 N–H and O–H groups in total. The normalized spacial score (nSPS) is 11.5. The zero-order valence-corrected chi connectivity index (χ0v) is 11.3. The molecule has 0 aliphatic carbocycles. The van der Waals surface area contributed by atoms with Crippen LogP contribution >= 0.6 is 0 Å². The van der Waals surface area contributed by atoms with Gasteiger partial charge in [0.25, 0.3) is 0 Å². The Hall–Kier alpha value is -2.15. The largest absolute Gasteiger partial charge is 0.475 e. The lowest BCUT2D eigenvalue weighted by Gasteiger charge is -2.02. The van der Waals surface area contributed by atoms with Crippen LogP contribution in [0, 0.1) is 12.7 Å². The number of aryl methyl sites for hydroxylation is 1. The van der Waals surface area contributed by atoms with Crippen molar-refractivity contribution in [3.05, 3.63) is 53.2 Å². The Balaban J connectivity index is 2.34. The van der Waals surface area contributed by atoms with Gasteiger partial charge in [-0.3, -0.25) is 0 Å². The predicted octanol–water partition coefficient (Wildman–Crippen LogP) is 2.40. The van der Waals surface area contributed by atoms with Crippen molar-refractivity contribution >= 4 is 15.8 Å². The molecule has 1 heterocycles. The van der Waals surface area contributed by atoms with Crippen LogP contribution in [-0.2, 0) is 15.6 Å². The van der Waals surface area contributed by atoms with Crippen molar-refractivity contribution < 1.29 is 27.1 Å². The van der Waals surface area contributed by atoms with Gasteiger partial charge in [-0.05, 0) is 31.2 Å². The van der Waals surface area contributed by atoms with Crippen molar-refractivity contribution in [3.8, 4) is 0 Å². The highest BCUT2D eigenvalue weighted by molar-refractivity contribution is 7.90. The van der Waals surface area contributed by atoms with Crippen LogP contribution in [0.2, 0.25) is 0 Å². The maximum Gasteiger partial charge on any atom is 0.372 e. The van der Waals surface area contributed by atoms with E-state index in [1.807, 2.05) is 0 Å². The van der Waals surface area contributed by atoms with E-state index in [-0.39, 0.29) is 16.4 Å². The monoisotopic (exact) mass is 298 g/mol. The number of halogens is 1. The second-order valence-electron chi connectivity index (χ2n) is 4.25. The molecule has 0 aliphatic heterocycles. The predicted molar refractivity (Wildman–Crippen MR) is 67.7 cm³/mol. The molecular weight excluding hydrogens is 287 g/mol. The van der Waals surface area contributed by atoms with Crippen molar-refractivity contribution in [1.82, 2.24) is 0 Å². The van der Waals surface area contributed by atoms with E-state index in [1.54, 1.807) is 0 Å². The van der Waals surface area contributed by atoms with Crippen molar-refractivity contribution in [2.45, 2.75) is 17.6 Å². The fourth-order valence-corrected chi connectivity index (χ4v) is 3.02. The Bertz CT molecular complexity index is 761. The van der Waals surface area contributed by atoms with Gasteiger partial charge >= 0.3 is 5.97 Å². The number of carboxylic acid groups (broad SMARTS) is 1. The van der Waals surface area contributed by atoms with E-state index in [9.17, 15) is 17.6 Å². The average Bonchev–Trinajstić information content (AvgIpc) is 2.69. The van der Waals surface area contributed by atoms with Gasteiger partial charge in [-0.1, -0.05) is 6.07 Å². The van der Waals surface area contributed by atoms with E-state index in [0.717, 1.165) is 12.1 Å². The quantitative estimate of drug-likeness (QED) is 0.937. The molecule has 1 aromatic heterocycles. The van der Waals surface area contributed by atoms with Gasteiger partial charge in [0.1, 0.15) is 17.3 Å². The van der Waals surface area contributed by atoms with Crippen LogP contribution in [0.1, 0.15) is 21.9 Å². The number of rotatable bonds is 4. The summed E-state index contributed by atoms with van der Waals surface area (Å²) < 4.78 is 42.2. The van der Waals surface area contributed by atoms with Gasteiger partial charge in [0.05, 0.1) is 4.90 Å². The van der Waals surface area contributed by atoms with Gasteiger partial charge in [-0.25, -0.2) is 17.6 Å². The maximum atomic E-state index is 13.0. The highest BCUT2D eigenvalue weighted by Crippen LogP contribution is 2.21. The highest BCUT2D eigenvalue weighted by atomic mass is 32.2. The Labute approximate surface area is 114 Å². The third kappa shape index (κ3) is 2.88. The summed E-state index contributed by atoms with van der Waals surface area (Å²) in [6, 6.07) is 5.95. The molecule has 5 nitrogen and oxygen atoms in total. The van der Waals surface area contributed by atoms with Crippen molar-refractivity contribution in [1.29, 1.82) is 0 Å². The highest BCUT2D eigenvalue weighted by Gasteiger charge is 2.21. The maximum absolute atomic E-state index is 13.0. The summed E-state index contributed by atoms with van der Waals surface area (Å²) in [5.74, 6) is -2.74. The lowest BCUT2D eigenvalue weighted by Crippen LogP contribution is -2.04. The summed E-state index contributed by atoms with van der Waals surface area (Å²) in [5.41, 5.74) is 0.335. The summed E-state index contributed by atoms with van der Waals surface area (Å²) in [7, 11) is -3.79. The number of furan rings is 1. The van der Waals surface area contributed by atoms with Gasteiger partial charge in [-0.2, -0.15) is 0 Å². The molecular formula is C13H11FO5S. The molecule has 0 radical (unpaired) electrons. The number of carbonyl (C=O) groups is 1. The zero-order chi connectivity index (χ0) is 14.9. The first-order chi connectivity index (χ1) is 9.29. The van der Waals surface area contributed by atoms with Crippen LogP contribution in [0.5, 0.6) is 0 Å². The molecule has 0 unspecified atom stereocenters. The SMILES string of the molecule is Cc1cc(CS(=O)(=O)c2cccc(F)c2)oc1C(=O)O. The Morgan fingerprint density at radius 1 is 1.35 bits per heavy atom. The molecule has 2 rings (SSSR count). The third-order valence-corrected chi connectivity index (χ3v) is 4.29. The standard InChI is InChI=1S/C13H11FO5S/c1-8-5-10(19-12(8)13(15)16)7-20(17,18)11-4-2-3-9(14)6-11/h2-6H,7H2,1H3,(H,15,16). The van der Waals surface area contributed by atoms with Crippen LogP contribution in [0.25, 0.3) is 0 Å². The van der Waals surface area contributed by atoms with Crippen LogP contribution < -0.4 is 0 Å². The fourth-order valence-electron chi connectivity index (χ4n) is 1.76. The van der Waals surface area contributed by atoms with Gasteiger partial charge < -0.3 is 9.52 Å². The summed E-state index contributed by atoms with van der Waals surface area (Å²) >= 11 is 0. The van der Waals surface area contributed by atoms with Gasteiger partial charge in [-0.15, -0.1) is 0 Å². The fraction of sp³-hybridized carbons (Fsp3) is 0.154. The minimum absolute atomic E-state index is 0.00385. The minimum atomic E-state index is -3.79. The first-order valence-electron chi connectivity index (χ1n) is 5.60. The molecule has 0 saturated carbocycles. The average molecular weight is 298 g/mol. The van der Waals surface area contributed by atoms with E-state index in [4.69, 9.17) is 9.52 Å². The molecule has 0 saturated heterocycles. The van der Waals surface area contributed by atoms with E-state index in [0.29, 0.717) is 5.56 Å². The molecule has 0 spiro atoms. The lowest BCUT2D eigenvalue weighted by atomic mass is 10.3. The molecule has 0 bridgehead atoms. The van der Waals surface area contributed by atoms with Crippen LogP contribution in [0.3, 0.4) is 0 Å². The molecule has 20 heavy (non-hydrogen) atoms. The second kappa shape index (κ2) is 5.09. The number of benzene rings is 1. The van der Waals surface area contributed by atoms with Gasteiger partial charge in [0.2, 0.25) is 5.76 Å². The van der Waals surface area contributed by atoms with Crippen molar-refractivity contribution in [3.63, 3.8) is 0 Å². The van der Waals surface area contributed by atoms with E-state index in [2.05, 4.69) is 0 Å². The Morgan fingerprint density at radius 3 is 2.60 bits per heavy atom. The number of hydrogen-bond donors (Lipinski definition) is 1. The molecule has 0 amide bonds. The number of hydrogen-bond acceptors (Lipinski definition) is 4. The third-order valence-electron chi connectivity index (χ3n) is 2.65. The number of sulfone groups is 1. The first-order valence-corrected chi connectivity index (χ1v) is 7.26. The molecule has 7 heteroatoms. The molecule has 0 fully saturated rings. The van der Waals surface area contributed by atoms with Crippen LogP contribution in [0.4, 0.5) is 4.39 Å². The zero-order valence-electron chi connectivity index (χ0n) is 10.5. The summed E-state index contributed by atoms with van der Waals surface area (Å²) in [5, 5.41) is 8.84. The molecule has 0 aliphatic rings. The summed E-state index contributed by atoms with van der Waals surface area (Å²) in [4.78, 5) is 10.6. The van der Waals surface area contributed by atoms with Crippen molar-refractivity contribution in [2.24, 2.45) is 0 Å². The first kappa shape index (κ1) is 14.3. The van der Waals surface area contributed by atoms with Gasteiger partial charge in [0.15, 0.2) is 9.84 Å². The molecule has 106 valence electrons. The van der Waals surface area contributed by atoms with Crippen molar-refractivity contribution in [2.75, 3.05) is 0 Å². The topological polar surface area (TPSA) is 84.6 Å². The minimum Gasteiger partial charge on any atom is -0.475 e. The van der Waals surface area contributed by atoms with E-state index >= 15 is 0 Å². The Kier molecular flexibility index (Phi) is 3.63.